The minimum absolute atomic E-state index is 0.0127. The Labute approximate surface area is 204 Å². The first-order valence-corrected chi connectivity index (χ1v) is 11.9. The zero-order chi connectivity index (χ0) is 24.0. The van der Waals surface area contributed by atoms with Crippen LogP contribution >= 0.6 is 0 Å². The van der Waals surface area contributed by atoms with Gasteiger partial charge in [0, 0.05) is 43.6 Å². The first kappa shape index (κ1) is 23.2. The summed E-state index contributed by atoms with van der Waals surface area (Å²) in [5.41, 5.74) is 3.24. The molecule has 2 fully saturated rings. The van der Waals surface area contributed by atoms with E-state index >= 15 is 0 Å². The number of nitrogens with zero attached hydrogens (tertiary/aromatic N) is 4. The van der Waals surface area contributed by atoms with Gasteiger partial charge in [0.05, 0.1) is 38.2 Å². The summed E-state index contributed by atoms with van der Waals surface area (Å²) in [5, 5.41) is 9.66. The number of rotatable bonds is 6. The van der Waals surface area contributed by atoms with Crippen LogP contribution in [0.25, 0.3) is 11.3 Å². The van der Waals surface area contributed by atoms with Crippen molar-refractivity contribution >= 4 is 5.69 Å². The SMILES string of the molecule is N#Cc1cc(-c2nc(Cc3ccc(N4CCOCC4)cc3)ncc2F)ccc1OC1CCOCC1. The van der Waals surface area contributed by atoms with Crippen molar-refractivity contribution in [3.8, 4) is 23.1 Å². The quantitative estimate of drug-likeness (QED) is 0.531. The summed E-state index contributed by atoms with van der Waals surface area (Å²) in [7, 11) is 0. The van der Waals surface area contributed by atoms with Gasteiger partial charge in [-0.05, 0) is 35.9 Å². The molecule has 0 amide bonds. The van der Waals surface area contributed by atoms with E-state index in [1.807, 2.05) is 12.1 Å². The van der Waals surface area contributed by atoms with Crippen molar-refractivity contribution in [1.29, 1.82) is 5.26 Å². The van der Waals surface area contributed by atoms with Crippen LogP contribution < -0.4 is 9.64 Å². The van der Waals surface area contributed by atoms with E-state index < -0.39 is 5.82 Å². The van der Waals surface area contributed by atoms with E-state index in [-0.39, 0.29) is 11.8 Å². The molecule has 5 rings (SSSR count). The number of morpholine rings is 1. The lowest BCUT2D eigenvalue weighted by molar-refractivity contribution is 0.0254. The molecule has 0 unspecified atom stereocenters. The van der Waals surface area contributed by atoms with Crippen LogP contribution in [0, 0.1) is 17.1 Å². The largest absolute Gasteiger partial charge is 0.489 e. The fourth-order valence-electron chi connectivity index (χ4n) is 4.36. The highest BCUT2D eigenvalue weighted by molar-refractivity contribution is 5.64. The van der Waals surface area contributed by atoms with Crippen LogP contribution in [0.1, 0.15) is 29.8 Å². The summed E-state index contributed by atoms with van der Waals surface area (Å²) < 4.78 is 31.5. The summed E-state index contributed by atoms with van der Waals surface area (Å²) in [6.45, 7) is 4.54. The summed E-state index contributed by atoms with van der Waals surface area (Å²) >= 11 is 0. The first-order valence-electron chi connectivity index (χ1n) is 11.9. The summed E-state index contributed by atoms with van der Waals surface area (Å²) in [6, 6.07) is 15.5. The fourth-order valence-corrected chi connectivity index (χ4v) is 4.36. The average molecular weight is 475 g/mol. The third kappa shape index (κ3) is 5.59. The fraction of sp³-hybridized carbons (Fsp3) is 0.370. The molecule has 0 atom stereocenters. The van der Waals surface area contributed by atoms with E-state index in [2.05, 4.69) is 33.1 Å². The molecule has 2 aliphatic rings. The zero-order valence-corrected chi connectivity index (χ0v) is 19.5. The second kappa shape index (κ2) is 10.8. The number of hydrogen-bond acceptors (Lipinski definition) is 7. The molecule has 0 saturated carbocycles. The molecule has 2 saturated heterocycles. The Hall–Kier alpha value is -3.54. The number of nitriles is 1. The van der Waals surface area contributed by atoms with E-state index in [0.717, 1.165) is 50.4 Å². The molecule has 0 N–H and O–H groups in total. The van der Waals surface area contributed by atoms with Crippen LogP contribution in [0.4, 0.5) is 10.1 Å². The number of aromatic nitrogens is 2. The predicted octanol–water partition coefficient (Wildman–Crippen LogP) is 4.14. The van der Waals surface area contributed by atoms with Crippen LogP contribution in [-0.2, 0) is 15.9 Å². The molecule has 3 heterocycles. The van der Waals surface area contributed by atoms with Gasteiger partial charge in [0.25, 0.3) is 0 Å². The monoisotopic (exact) mass is 474 g/mol. The van der Waals surface area contributed by atoms with Crippen molar-refractivity contribution in [3.05, 3.63) is 71.4 Å². The molecule has 0 radical (unpaired) electrons. The number of ether oxygens (including phenoxy) is 3. The number of benzene rings is 2. The van der Waals surface area contributed by atoms with E-state index in [0.29, 0.717) is 42.3 Å². The minimum atomic E-state index is -0.529. The van der Waals surface area contributed by atoms with Crippen LogP contribution in [0.3, 0.4) is 0 Å². The maximum absolute atomic E-state index is 14.7. The van der Waals surface area contributed by atoms with Gasteiger partial charge in [-0.25, -0.2) is 14.4 Å². The van der Waals surface area contributed by atoms with E-state index in [1.165, 1.54) is 6.20 Å². The standard InChI is InChI=1S/C27H27FN4O3/c28-24-18-30-26(15-19-1-4-22(5-2-19)32-9-13-34-14-10-32)31-27(24)20-3-6-25(21(16-20)17-29)35-23-7-11-33-12-8-23/h1-6,16,18,23H,7-15H2. The van der Waals surface area contributed by atoms with E-state index in [4.69, 9.17) is 14.2 Å². The number of hydrogen-bond donors (Lipinski definition) is 0. The molecular formula is C27H27FN4O3. The molecule has 180 valence electrons. The van der Waals surface area contributed by atoms with Crippen LogP contribution in [0.2, 0.25) is 0 Å². The molecule has 0 aliphatic carbocycles. The van der Waals surface area contributed by atoms with Gasteiger partial charge in [-0.15, -0.1) is 0 Å². The molecule has 0 spiro atoms. The molecule has 35 heavy (non-hydrogen) atoms. The van der Waals surface area contributed by atoms with Crippen molar-refractivity contribution < 1.29 is 18.6 Å². The molecule has 1 aromatic heterocycles. The molecule has 2 aliphatic heterocycles. The number of anilines is 1. The van der Waals surface area contributed by atoms with Gasteiger partial charge in [-0.1, -0.05) is 12.1 Å². The lowest BCUT2D eigenvalue weighted by Crippen LogP contribution is -2.36. The smallest absolute Gasteiger partial charge is 0.167 e. The van der Waals surface area contributed by atoms with E-state index in [9.17, 15) is 9.65 Å². The van der Waals surface area contributed by atoms with Gasteiger partial charge < -0.3 is 19.1 Å². The Bertz CT molecular complexity index is 1200. The summed E-state index contributed by atoms with van der Waals surface area (Å²) in [4.78, 5) is 11.0. The van der Waals surface area contributed by atoms with Gasteiger partial charge in [-0.2, -0.15) is 5.26 Å². The molecule has 2 aromatic carbocycles. The lowest BCUT2D eigenvalue weighted by atomic mass is 10.1. The Morgan fingerprint density at radius 3 is 2.51 bits per heavy atom. The van der Waals surface area contributed by atoms with Crippen molar-refractivity contribution in [2.75, 3.05) is 44.4 Å². The molecule has 8 heteroatoms. The Balaban J connectivity index is 1.33. The Morgan fingerprint density at radius 1 is 1.03 bits per heavy atom. The number of halogens is 1. The highest BCUT2D eigenvalue weighted by atomic mass is 19.1. The highest BCUT2D eigenvalue weighted by Gasteiger charge is 2.19. The van der Waals surface area contributed by atoms with Crippen molar-refractivity contribution in [3.63, 3.8) is 0 Å². The highest BCUT2D eigenvalue weighted by Crippen LogP contribution is 2.29. The average Bonchev–Trinajstić information content (AvgIpc) is 2.91. The minimum Gasteiger partial charge on any atom is -0.489 e. The van der Waals surface area contributed by atoms with Crippen molar-refractivity contribution in [2.24, 2.45) is 0 Å². The molecule has 3 aromatic rings. The lowest BCUT2D eigenvalue weighted by Gasteiger charge is -2.28. The molecular weight excluding hydrogens is 447 g/mol. The van der Waals surface area contributed by atoms with Crippen molar-refractivity contribution in [1.82, 2.24) is 9.97 Å². The third-order valence-corrected chi connectivity index (χ3v) is 6.30. The van der Waals surface area contributed by atoms with Crippen molar-refractivity contribution in [2.45, 2.75) is 25.4 Å². The zero-order valence-electron chi connectivity index (χ0n) is 19.5. The van der Waals surface area contributed by atoms with Gasteiger partial charge in [0.15, 0.2) is 5.82 Å². The maximum atomic E-state index is 14.7. The third-order valence-electron chi connectivity index (χ3n) is 6.30. The first-order chi connectivity index (χ1) is 17.2. The second-order valence-corrected chi connectivity index (χ2v) is 8.68. The van der Waals surface area contributed by atoms with Gasteiger partial charge >= 0.3 is 0 Å². The summed E-state index contributed by atoms with van der Waals surface area (Å²) in [5.74, 6) is 0.484. The van der Waals surface area contributed by atoms with E-state index in [1.54, 1.807) is 18.2 Å². The second-order valence-electron chi connectivity index (χ2n) is 8.68. The van der Waals surface area contributed by atoms with Gasteiger partial charge in [0.2, 0.25) is 0 Å². The maximum Gasteiger partial charge on any atom is 0.167 e. The Morgan fingerprint density at radius 2 is 1.77 bits per heavy atom. The Kier molecular flexibility index (Phi) is 7.17. The summed E-state index contributed by atoms with van der Waals surface area (Å²) in [6.07, 6.45) is 3.25. The van der Waals surface area contributed by atoms with Gasteiger partial charge in [-0.3, -0.25) is 0 Å². The molecule has 0 bridgehead atoms. The molecule has 7 nitrogen and oxygen atoms in total. The van der Waals surface area contributed by atoms with Gasteiger partial charge in [0.1, 0.15) is 29.4 Å². The normalized spacial score (nSPS) is 16.6. The topological polar surface area (TPSA) is 80.5 Å². The van der Waals surface area contributed by atoms with Crippen LogP contribution in [-0.4, -0.2) is 55.6 Å². The predicted molar refractivity (Wildman–Crippen MR) is 129 cm³/mol. The van der Waals surface area contributed by atoms with Crippen LogP contribution in [0.5, 0.6) is 5.75 Å². The van der Waals surface area contributed by atoms with Crippen LogP contribution in [0.15, 0.2) is 48.7 Å².